The van der Waals surface area contributed by atoms with Gasteiger partial charge in [0.05, 0.1) is 37.3 Å². The maximum atomic E-state index is 14.9. The molecule has 37 heavy (non-hydrogen) atoms. The second kappa shape index (κ2) is 10.5. The number of hydrogen-bond donors (Lipinski definition) is 1. The van der Waals surface area contributed by atoms with Crippen LogP contribution in [0, 0.1) is 6.92 Å². The highest BCUT2D eigenvalue weighted by Crippen LogP contribution is 2.33. The summed E-state index contributed by atoms with van der Waals surface area (Å²) in [7, 11) is 3.15. The number of imidazole rings is 1. The SMILES string of the molecule is COCCN1CC[C@@H](Nc2nc(OC)c3c(-c4ccc5nc(C)n(CC(F)F)c5c4)ccn3n2)[C@@H](F)C1. The van der Waals surface area contributed by atoms with Crippen LogP contribution in [0.1, 0.15) is 12.2 Å². The van der Waals surface area contributed by atoms with Gasteiger partial charge in [0.2, 0.25) is 11.8 Å². The van der Waals surface area contributed by atoms with E-state index in [0.29, 0.717) is 54.4 Å². The van der Waals surface area contributed by atoms with Crippen molar-refractivity contribution >= 4 is 22.5 Å². The van der Waals surface area contributed by atoms with E-state index in [1.165, 1.54) is 11.7 Å². The van der Waals surface area contributed by atoms with Crippen molar-refractivity contribution in [2.75, 3.05) is 45.8 Å². The van der Waals surface area contributed by atoms with Crippen LogP contribution in [0.15, 0.2) is 30.5 Å². The summed E-state index contributed by atoms with van der Waals surface area (Å²) in [5.74, 6) is 1.12. The molecular weight excluding hydrogens is 487 g/mol. The Kier molecular flexibility index (Phi) is 7.20. The Morgan fingerprint density at radius 1 is 1.19 bits per heavy atom. The zero-order valence-electron chi connectivity index (χ0n) is 21.0. The van der Waals surface area contributed by atoms with Gasteiger partial charge in [0.15, 0.2) is 0 Å². The van der Waals surface area contributed by atoms with Crippen molar-refractivity contribution in [2.45, 2.75) is 38.5 Å². The Bertz CT molecular complexity index is 1390. The zero-order chi connectivity index (χ0) is 26.1. The minimum absolute atomic E-state index is 0.269. The largest absolute Gasteiger partial charge is 0.479 e. The molecule has 4 aromatic rings. The number of ether oxygens (including phenoxy) is 2. The number of likely N-dealkylation sites (tertiary alicyclic amines) is 1. The molecule has 1 fully saturated rings. The molecule has 2 atom stereocenters. The first-order valence-electron chi connectivity index (χ1n) is 12.2. The third-order valence-corrected chi connectivity index (χ3v) is 6.79. The van der Waals surface area contributed by atoms with Crippen LogP contribution in [0.2, 0.25) is 0 Å². The highest BCUT2D eigenvalue weighted by atomic mass is 19.3. The van der Waals surface area contributed by atoms with Crippen LogP contribution in [-0.4, -0.2) is 88.1 Å². The highest BCUT2D eigenvalue weighted by Gasteiger charge is 2.30. The smallest absolute Gasteiger partial charge is 0.256 e. The van der Waals surface area contributed by atoms with Gasteiger partial charge in [-0.2, -0.15) is 4.98 Å². The molecule has 0 spiro atoms. The maximum absolute atomic E-state index is 14.9. The summed E-state index contributed by atoms with van der Waals surface area (Å²) in [6.07, 6.45) is -1.19. The standard InChI is InChI=1S/C25H30F3N7O2/c1-15-29-20-5-4-16(12-21(20)34(15)14-22(27)28)17-6-9-35-23(17)24(37-3)31-25(32-35)30-19-7-8-33(10-11-36-2)13-18(19)26/h4-6,9,12,18-19,22H,7-8,10-11,13-14H2,1-3H3,(H,30,32)/t18-,19+/m0/s1. The molecule has 0 unspecified atom stereocenters. The summed E-state index contributed by atoms with van der Waals surface area (Å²) < 4.78 is 55.0. The Hall–Kier alpha value is -3.38. The number of alkyl halides is 3. The molecule has 198 valence electrons. The van der Waals surface area contributed by atoms with Crippen LogP contribution < -0.4 is 10.1 Å². The van der Waals surface area contributed by atoms with E-state index in [4.69, 9.17) is 9.47 Å². The summed E-state index contributed by atoms with van der Waals surface area (Å²) in [5, 5.41) is 7.69. The quantitative estimate of drug-likeness (QED) is 0.362. The first kappa shape index (κ1) is 25.3. The number of anilines is 1. The number of piperidine rings is 1. The van der Waals surface area contributed by atoms with Gasteiger partial charge in [-0.1, -0.05) is 6.07 Å². The van der Waals surface area contributed by atoms with Gasteiger partial charge in [0.25, 0.3) is 6.43 Å². The van der Waals surface area contributed by atoms with Crippen LogP contribution >= 0.6 is 0 Å². The maximum Gasteiger partial charge on any atom is 0.256 e. The molecule has 1 aliphatic rings. The van der Waals surface area contributed by atoms with Crippen molar-refractivity contribution in [3.05, 3.63) is 36.3 Å². The van der Waals surface area contributed by atoms with Crippen molar-refractivity contribution in [1.82, 2.24) is 29.0 Å². The van der Waals surface area contributed by atoms with Gasteiger partial charge in [-0.3, -0.25) is 4.90 Å². The van der Waals surface area contributed by atoms with E-state index in [-0.39, 0.29) is 5.95 Å². The van der Waals surface area contributed by atoms with Gasteiger partial charge >= 0.3 is 0 Å². The van der Waals surface area contributed by atoms with Gasteiger partial charge in [0, 0.05) is 38.5 Å². The molecule has 1 aliphatic heterocycles. The number of rotatable bonds is 9. The number of methoxy groups -OCH3 is 2. The zero-order valence-corrected chi connectivity index (χ0v) is 21.0. The van der Waals surface area contributed by atoms with E-state index in [1.54, 1.807) is 24.7 Å². The van der Waals surface area contributed by atoms with Crippen LogP contribution in [0.3, 0.4) is 0 Å². The van der Waals surface area contributed by atoms with Gasteiger partial charge in [-0.15, -0.1) is 5.10 Å². The first-order valence-corrected chi connectivity index (χ1v) is 12.2. The molecule has 12 heteroatoms. The average molecular weight is 518 g/mol. The molecule has 4 heterocycles. The van der Waals surface area contributed by atoms with Crippen molar-refractivity contribution in [1.29, 1.82) is 0 Å². The first-order chi connectivity index (χ1) is 17.9. The molecule has 5 rings (SSSR count). The van der Waals surface area contributed by atoms with E-state index < -0.39 is 25.2 Å². The fourth-order valence-electron chi connectivity index (χ4n) is 4.93. The van der Waals surface area contributed by atoms with Crippen molar-refractivity contribution in [3.8, 4) is 17.0 Å². The number of hydrogen-bond acceptors (Lipinski definition) is 7. The molecule has 3 aromatic heterocycles. The number of aryl methyl sites for hydroxylation is 1. The minimum Gasteiger partial charge on any atom is -0.479 e. The van der Waals surface area contributed by atoms with Gasteiger partial charge in [0.1, 0.15) is 17.5 Å². The molecule has 1 N–H and O–H groups in total. The molecule has 0 amide bonds. The summed E-state index contributed by atoms with van der Waals surface area (Å²) >= 11 is 0. The average Bonchev–Trinajstić information content (AvgIpc) is 3.44. The second-order valence-electron chi connectivity index (χ2n) is 9.18. The van der Waals surface area contributed by atoms with Crippen molar-refractivity contribution in [2.24, 2.45) is 0 Å². The van der Waals surface area contributed by atoms with Crippen LogP contribution in [0.5, 0.6) is 5.88 Å². The van der Waals surface area contributed by atoms with Crippen molar-refractivity contribution < 1.29 is 22.6 Å². The molecule has 1 saturated heterocycles. The van der Waals surface area contributed by atoms with E-state index in [2.05, 4.69) is 20.4 Å². The predicted octanol–water partition coefficient (Wildman–Crippen LogP) is 3.80. The fourth-order valence-corrected chi connectivity index (χ4v) is 4.93. The molecule has 9 nitrogen and oxygen atoms in total. The monoisotopic (exact) mass is 517 g/mol. The lowest BCUT2D eigenvalue weighted by Crippen LogP contribution is -2.48. The lowest BCUT2D eigenvalue weighted by atomic mass is 10.0. The molecule has 0 saturated carbocycles. The topological polar surface area (TPSA) is 81.7 Å². The van der Waals surface area contributed by atoms with E-state index in [0.717, 1.165) is 17.7 Å². The van der Waals surface area contributed by atoms with E-state index in [1.807, 2.05) is 29.2 Å². The second-order valence-corrected chi connectivity index (χ2v) is 9.18. The summed E-state index contributed by atoms with van der Waals surface area (Å²) in [5.41, 5.74) is 3.46. The van der Waals surface area contributed by atoms with E-state index in [9.17, 15) is 13.2 Å². The van der Waals surface area contributed by atoms with E-state index >= 15 is 0 Å². The third kappa shape index (κ3) is 5.08. The van der Waals surface area contributed by atoms with Crippen LogP contribution in [-0.2, 0) is 11.3 Å². The number of fused-ring (bicyclic) bond motifs is 2. The Balaban J connectivity index is 1.44. The summed E-state index contributed by atoms with van der Waals surface area (Å²) in [6, 6.07) is 6.98. The molecule has 0 radical (unpaired) electrons. The third-order valence-electron chi connectivity index (χ3n) is 6.79. The molecule has 0 bridgehead atoms. The van der Waals surface area contributed by atoms with Gasteiger partial charge in [-0.05, 0) is 37.1 Å². The van der Waals surface area contributed by atoms with Crippen molar-refractivity contribution in [3.63, 3.8) is 0 Å². The highest BCUT2D eigenvalue weighted by molar-refractivity contribution is 5.89. The van der Waals surface area contributed by atoms with Crippen LogP contribution in [0.25, 0.3) is 27.7 Å². The Labute approximate surface area is 212 Å². The number of halogens is 3. The molecule has 1 aromatic carbocycles. The minimum atomic E-state index is -2.49. The Morgan fingerprint density at radius 3 is 2.76 bits per heavy atom. The van der Waals surface area contributed by atoms with Crippen LogP contribution in [0.4, 0.5) is 19.1 Å². The lowest BCUT2D eigenvalue weighted by Gasteiger charge is -2.34. The molecular formula is C25H30F3N7O2. The summed E-state index contributed by atoms with van der Waals surface area (Å²) in [4.78, 5) is 11.0. The molecule has 0 aliphatic carbocycles. The van der Waals surface area contributed by atoms with Gasteiger partial charge in [-0.25, -0.2) is 22.7 Å². The summed E-state index contributed by atoms with van der Waals surface area (Å²) in [6.45, 7) is 3.62. The van der Waals surface area contributed by atoms with Gasteiger partial charge < -0.3 is 19.4 Å². The lowest BCUT2D eigenvalue weighted by molar-refractivity contribution is 0.0918. The number of nitrogens with zero attached hydrogens (tertiary/aromatic N) is 6. The number of nitrogens with one attached hydrogen (secondary N) is 1. The number of benzene rings is 1. The fraction of sp³-hybridized carbons (Fsp3) is 0.480. The Morgan fingerprint density at radius 2 is 2.03 bits per heavy atom. The normalized spacial score (nSPS) is 18.8. The predicted molar refractivity (Wildman–Crippen MR) is 134 cm³/mol. The number of aromatic nitrogens is 5.